The molecule has 3 heteroatoms. The van der Waals surface area contributed by atoms with Crippen LogP contribution in [-0.2, 0) is 4.74 Å². The van der Waals surface area contributed by atoms with Gasteiger partial charge in [-0.05, 0) is 18.1 Å². The van der Waals surface area contributed by atoms with Crippen molar-refractivity contribution in [3.05, 3.63) is 24.0 Å². The zero-order valence-electron chi connectivity index (χ0n) is 10.3. The highest BCUT2D eigenvalue weighted by Gasteiger charge is 2.30. The number of hydrogen-bond acceptors (Lipinski definition) is 3. The number of ether oxygens (including phenoxy) is 2. The SMILES string of the molecule is CCC#Cc1ccc(O[C@H]2C[C@H](OC)C2)cn1. The van der Waals surface area contributed by atoms with Gasteiger partial charge >= 0.3 is 0 Å². The number of aromatic nitrogens is 1. The average Bonchev–Trinajstić information content (AvgIpc) is 2.32. The van der Waals surface area contributed by atoms with Crippen LogP contribution in [0.3, 0.4) is 0 Å². The first kappa shape index (κ1) is 11.9. The van der Waals surface area contributed by atoms with Crippen molar-refractivity contribution in [2.45, 2.75) is 38.4 Å². The van der Waals surface area contributed by atoms with Crippen LogP contribution in [0.15, 0.2) is 18.3 Å². The van der Waals surface area contributed by atoms with Crippen LogP contribution in [0, 0.1) is 11.8 Å². The number of hydrogen-bond donors (Lipinski definition) is 0. The summed E-state index contributed by atoms with van der Waals surface area (Å²) in [5, 5.41) is 0. The van der Waals surface area contributed by atoms with Crippen molar-refractivity contribution in [3.8, 4) is 17.6 Å². The van der Waals surface area contributed by atoms with Gasteiger partial charge in [-0.25, -0.2) is 4.98 Å². The van der Waals surface area contributed by atoms with E-state index in [0.717, 1.165) is 30.7 Å². The minimum Gasteiger partial charge on any atom is -0.489 e. The van der Waals surface area contributed by atoms with Crippen LogP contribution in [0.4, 0.5) is 0 Å². The van der Waals surface area contributed by atoms with E-state index < -0.39 is 0 Å². The summed E-state index contributed by atoms with van der Waals surface area (Å²) in [7, 11) is 1.74. The van der Waals surface area contributed by atoms with E-state index in [1.54, 1.807) is 13.3 Å². The summed E-state index contributed by atoms with van der Waals surface area (Å²) in [5.41, 5.74) is 0.794. The maximum atomic E-state index is 5.75. The van der Waals surface area contributed by atoms with Crippen molar-refractivity contribution in [2.24, 2.45) is 0 Å². The van der Waals surface area contributed by atoms with E-state index in [1.165, 1.54) is 0 Å². The molecule has 2 rings (SSSR count). The fraction of sp³-hybridized carbons (Fsp3) is 0.500. The third-order valence-corrected chi connectivity index (χ3v) is 2.82. The quantitative estimate of drug-likeness (QED) is 0.748. The number of rotatable bonds is 3. The Morgan fingerprint density at radius 1 is 1.35 bits per heavy atom. The monoisotopic (exact) mass is 231 g/mol. The minimum atomic E-state index is 0.273. The van der Waals surface area contributed by atoms with Gasteiger partial charge in [-0.3, -0.25) is 0 Å². The summed E-state index contributed by atoms with van der Waals surface area (Å²) in [6, 6.07) is 3.82. The van der Waals surface area contributed by atoms with Crippen LogP contribution in [-0.4, -0.2) is 24.3 Å². The Balaban J connectivity index is 1.86. The van der Waals surface area contributed by atoms with Crippen LogP contribution >= 0.6 is 0 Å². The molecule has 3 nitrogen and oxygen atoms in total. The van der Waals surface area contributed by atoms with Crippen LogP contribution in [0.5, 0.6) is 5.75 Å². The zero-order chi connectivity index (χ0) is 12.1. The summed E-state index contributed by atoms with van der Waals surface area (Å²) in [6.07, 6.45) is 5.15. The van der Waals surface area contributed by atoms with Crippen molar-refractivity contribution < 1.29 is 9.47 Å². The molecular weight excluding hydrogens is 214 g/mol. The number of pyridine rings is 1. The van der Waals surface area contributed by atoms with E-state index in [2.05, 4.69) is 16.8 Å². The first-order valence-corrected chi connectivity index (χ1v) is 5.96. The second-order valence-corrected chi connectivity index (χ2v) is 4.10. The summed E-state index contributed by atoms with van der Waals surface area (Å²) in [4.78, 5) is 4.24. The van der Waals surface area contributed by atoms with Gasteiger partial charge < -0.3 is 9.47 Å². The summed E-state index contributed by atoms with van der Waals surface area (Å²) >= 11 is 0. The molecule has 1 fully saturated rings. The third kappa shape index (κ3) is 3.21. The Morgan fingerprint density at radius 3 is 2.76 bits per heavy atom. The molecule has 90 valence electrons. The fourth-order valence-corrected chi connectivity index (χ4v) is 1.70. The maximum absolute atomic E-state index is 5.75. The van der Waals surface area contributed by atoms with Crippen LogP contribution < -0.4 is 4.74 Å². The predicted molar refractivity (Wildman–Crippen MR) is 65.9 cm³/mol. The molecule has 0 N–H and O–H groups in total. The average molecular weight is 231 g/mol. The van der Waals surface area contributed by atoms with Gasteiger partial charge in [-0.15, -0.1) is 0 Å². The Morgan fingerprint density at radius 2 is 2.18 bits per heavy atom. The molecule has 0 bridgehead atoms. The van der Waals surface area contributed by atoms with Crippen molar-refractivity contribution >= 4 is 0 Å². The Bertz CT molecular complexity index is 410. The van der Waals surface area contributed by atoms with Crippen LogP contribution in [0.25, 0.3) is 0 Å². The van der Waals surface area contributed by atoms with Gasteiger partial charge in [0.05, 0.1) is 12.3 Å². The maximum Gasteiger partial charge on any atom is 0.138 e. The molecule has 0 aliphatic heterocycles. The molecule has 1 heterocycles. The highest BCUT2D eigenvalue weighted by Crippen LogP contribution is 2.27. The fourth-order valence-electron chi connectivity index (χ4n) is 1.70. The van der Waals surface area contributed by atoms with Crippen LogP contribution in [0.1, 0.15) is 31.9 Å². The lowest BCUT2D eigenvalue weighted by Gasteiger charge is -2.33. The molecule has 0 saturated heterocycles. The molecule has 1 aromatic heterocycles. The molecule has 0 unspecified atom stereocenters. The Kier molecular flexibility index (Phi) is 4.00. The lowest BCUT2D eigenvalue weighted by Crippen LogP contribution is -2.38. The Labute approximate surface area is 102 Å². The first-order chi connectivity index (χ1) is 8.31. The van der Waals surface area contributed by atoms with E-state index >= 15 is 0 Å². The zero-order valence-corrected chi connectivity index (χ0v) is 10.3. The summed E-state index contributed by atoms with van der Waals surface area (Å²) in [5.74, 6) is 6.78. The molecule has 0 amide bonds. The molecule has 1 aliphatic carbocycles. The largest absolute Gasteiger partial charge is 0.489 e. The third-order valence-electron chi connectivity index (χ3n) is 2.82. The molecular formula is C14H17NO2. The van der Waals surface area contributed by atoms with Gasteiger partial charge in [0.1, 0.15) is 17.5 Å². The second kappa shape index (κ2) is 5.70. The summed E-state index contributed by atoms with van der Waals surface area (Å²) < 4.78 is 11.0. The lowest BCUT2D eigenvalue weighted by atomic mass is 9.92. The molecule has 0 atom stereocenters. The highest BCUT2D eigenvalue weighted by molar-refractivity contribution is 5.31. The highest BCUT2D eigenvalue weighted by atomic mass is 16.5. The van der Waals surface area contributed by atoms with Crippen molar-refractivity contribution in [2.75, 3.05) is 7.11 Å². The van der Waals surface area contributed by atoms with Gasteiger partial charge in [-0.1, -0.05) is 12.8 Å². The predicted octanol–water partition coefficient (Wildman–Crippen LogP) is 2.40. The van der Waals surface area contributed by atoms with E-state index in [-0.39, 0.29) is 6.10 Å². The molecule has 17 heavy (non-hydrogen) atoms. The van der Waals surface area contributed by atoms with Gasteiger partial charge in [-0.2, -0.15) is 0 Å². The van der Waals surface area contributed by atoms with Gasteiger partial charge in [0.25, 0.3) is 0 Å². The molecule has 1 aromatic rings. The minimum absolute atomic E-state index is 0.273. The Hall–Kier alpha value is -1.53. The van der Waals surface area contributed by atoms with Gasteiger partial charge in [0.15, 0.2) is 0 Å². The first-order valence-electron chi connectivity index (χ1n) is 5.96. The normalized spacial score (nSPS) is 22.2. The molecule has 1 aliphatic rings. The molecule has 0 radical (unpaired) electrons. The number of methoxy groups -OCH3 is 1. The van der Waals surface area contributed by atoms with Crippen LogP contribution in [0.2, 0.25) is 0 Å². The smallest absolute Gasteiger partial charge is 0.138 e. The van der Waals surface area contributed by atoms with Gasteiger partial charge in [0.2, 0.25) is 0 Å². The van der Waals surface area contributed by atoms with Gasteiger partial charge in [0, 0.05) is 26.4 Å². The van der Waals surface area contributed by atoms with E-state index in [4.69, 9.17) is 9.47 Å². The van der Waals surface area contributed by atoms with Crippen molar-refractivity contribution in [1.82, 2.24) is 4.98 Å². The second-order valence-electron chi connectivity index (χ2n) is 4.10. The van der Waals surface area contributed by atoms with Crippen molar-refractivity contribution in [3.63, 3.8) is 0 Å². The van der Waals surface area contributed by atoms with E-state index in [0.29, 0.717) is 6.10 Å². The standard InChI is InChI=1S/C14H17NO2/c1-3-4-5-11-6-7-12(10-15-11)17-14-8-13(9-14)16-2/h6-7,10,13-14H,3,8-9H2,1-2H3/t13-,14-. The molecule has 1 saturated carbocycles. The number of nitrogens with zero attached hydrogens (tertiary/aromatic N) is 1. The molecule has 0 spiro atoms. The van der Waals surface area contributed by atoms with E-state index in [9.17, 15) is 0 Å². The summed E-state index contributed by atoms with van der Waals surface area (Å²) in [6.45, 7) is 2.02. The van der Waals surface area contributed by atoms with E-state index in [1.807, 2.05) is 19.1 Å². The topological polar surface area (TPSA) is 31.4 Å². The van der Waals surface area contributed by atoms with Crippen molar-refractivity contribution in [1.29, 1.82) is 0 Å². The lowest BCUT2D eigenvalue weighted by molar-refractivity contribution is -0.0382. The molecule has 0 aromatic carbocycles.